The van der Waals surface area contributed by atoms with Crippen LogP contribution in [0.25, 0.3) is 0 Å². The molecule has 1 aromatic rings. The number of carbonyl (C=O) groups is 1. The highest BCUT2D eigenvalue weighted by atomic mass is 35.5. The van der Waals surface area contributed by atoms with Gasteiger partial charge >= 0.3 is 0 Å². The van der Waals surface area contributed by atoms with Gasteiger partial charge in [0, 0.05) is 12.7 Å². The second-order valence-corrected chi connectivity index (χ2v) is 7.95. The standard InChI is InChI=1S/C18H20ClNO/c1-20-13-5-4-11(7-12(13)8-14(20)21)18(19)17-15-9-2-3-10(6-9)16(15)17/h4-5,7,9-10,15-18H,2-3,6,8H2,1H3. The minimum Gasteiger partial charge on any atom is -0.315 e. The van der Waals surface area contributed by atoms with Crippen molar-refractivity contribution < 1.29 is 4.79 Å². The SMILES string of the molecule is CN1C(=O)Cc2cc(C(Cl)C3C4C5CCC(C5)C43)ccc21. The van der Waals surface area contributed by atoms with Gasteiger partial charge in [-0.1, -0.05) is 12.1 Å². The summed E-state index contributed by atoms with van der Waals surface area (Å²) in [6.07, 6.45) is 4.88. The molecule has 5 rings (SSSR count). The summed E-state index contributed by atoms with van der Waals surface area (Å²) >= 11 is 6.84. The Kier molecular flexibility index (Phi) is 2.41. The second kappa shape index (κ2) is 4.04. The van der Waals surface area contributed by atoms with Crippen molar-refractivity contribution >= 4 is 23.2 Å². The summed E-state index contributed by atoms with van der Waals surface area (Å²) in [7, 11) is 1.86. The van der Waals surface area contributed by atoms with Crippen LogP contribution in [-0.4, -0.2) is 13.0 Å². The highest BCUT2D eigenvalue weighted by Crippen LogP contribution is 2.73. The van der Waals surface area contributed by atoms with Crippen molar-refractivity contribution in [2.24, 2.45) is 29.6 Å². The normalized spacial score (nSPS) is 40.4. The zero-order valence-corrected chi connectivity index (χ0v) is 13.0. The van der Waals surface area contributed by atoms with Crippen molar-refractivity contribution in [3.63, 3.8) is 0 Å². The van der Waals surface area contributed by atoms with Gasteiger partial charge in [-0.15, -0.1) is 11.6 Å². The predicted molar refractivity (Wildman–Crippen MR) is 83.5 cm³/mol. The van der Waals surface area contributed by atoms with Gasteiger partial charge < -0.3 is 4.90 Å². The van der Waals surface area contributed by atoms with Crippen LogP contribution in [0.5, 0.6) is 0 Å². The zero-order chi connectivity index (χ0) is 14.3. The number of hydrogen-bond acceptors (Lipinski definition) is 1. The zero-order valence-electron chi connectivity index (χ0n) is 12.3. The highest BCUT2D eigenvalue weighted by molar-refractivity contribution is 6.21. The Bertz CT molecular complexity index is 626. The van der Waals surface area contributed by atoms with E-state index in [1.165, 1.54) is 24.8 Å². The van der Waals surface area contributed by atoms with Crippen molar-refractivity contribution in [2.75, 3.05) is 11.9 Å². The molecule has 1 heterocycles. The molecule has 2 nitrogen and oxygen atoms in total. The Morgan fingerprint density at radius 2 is 1.95 bits per heavy atom. The second-order valence-electron chi connectivity index (χ2n) is 7.48. The summed E-state index contributed by atoms with van der Waals surface area (Å²) in [5, 5.41) is 0.148. The number of carbonyl (C=O) groups excluding carboxylic acids is 1. The van der Waals surface area contributed by atoms with Gasteiger partial charge in [-0.25, -0.2) is 0 Å². The topological polar surface area (TPSA) is 20.3 Å². The first kappa shape index (κ1) is 12.5. The average molecular weight is 302 g/mol. The number of hydrogen-bond donors (Lipinski definition) is 0. The average Bonchev–Trinajstić information content (AvgIpc) is 2.77. The molecule has 4 aliphatic rings. The van der Waals surface area contributed by atoms with E-state index in [2.05, 4.69) is 18.2 Å². The molecule has 21 heavy (non-hydrogen) atoms. The molecule has 1 amide bonds. The lowest BCUT2D eigenvalue weighted by molar-refractivity contribution is -0.117. The van der Waals surface area contributed by atoms with E-state index < -0.39 is 0 Å². The molecule has 1 aromatic carbocycles. The van der Waals surface area contributed by atoms with E-state index in [9.17, 15) is 4.79 Å². The maximum atomic E-state index is 11.8. The van der Waals surface area contributed by atoms with E-state index in [0.717, 1.165) is 34.9 Å². The van der Waals surface area contributed by atoms with Gasteiger partial charge in [0.15, 0.2) is 0 Å². The van der Waals surface area contributed by atoms with E-state index in [1.54, 1.807) is 4.90 Å². The number of anilines is 1. The molecule has 3 fully saturated rings. The van der Waals surface area contributed by atoms with Crippen molar-refractivity contribution in [1.29, 1.82) is 0 Å². The van der Waals surface area contributed by atoms with Crippen LogP contribution in [0.3, 0.4) is 0 Å². The van der Waals surface area contributed by atoms with Gasteiger partial charge in [0.1, 0.15) is 0 Å². The lowest BCUT2D eigenvalue weighted by Crippen LogP contribution is -2.20. The fourth-order valence-electron chi connectivity index (χ4n) is 5.67. The lowest BCUT2D eigenvalue weighted by atomic mass is 9.95. The fourth-order valence-corrected chi connectivity index (χ4v) is 6.14. The first-order chi connectivity index (χ1) is 10.1. The molecule has 3 heteroatoms. The molecule has 5 atom stereocenters. The van der Waals surface area contributed by atoms with Crippen LogP contribution in [0.2, 0.25) is 0 Å². The largest absolute Gasteiger partial charge is 0.315 e. The summed E-state index contributed by atoms with van der Waals surface area (Å²) in [6.45, 7) is 0. The van der Waals surface area contributed by atoms with Crippen LogP contribution >= 0.6 is 11.6 Å². The molecule has 1 aliphatic heterocycles. The molecule has 0 saturated heterocycles. The predicted octanol–water partition coefficient (Wildman–Crippen LogP) is 3.78. The lowest BCUT2D eigenvalue weighted by Gasteiger charge is -2.16. The van der Waals surface area contributed by atoms with E-state index >= 15 is 0 Å². The highest BCUT2D eigenvalue weighted by Gasteiger charge is 2.66. The molecule has 3 saturated carbocycles. The van der Waals surface area contributed by atoms with Crippen LogP contribution in [0.15, 0.2) is 18.2 Å². The molecular formula is C18H20ClNO. The molecule has 110 valence electrons. The molecule has 2 bridgehead atoms. The van der Waals surface area contributed by atoms with E-state index in [-0.39, 0.29) is 11.3 Å². The van der Waals surface area contributed by atoms with Crippen LogP contribution in [-0.2, 0) is 11.2 Å². The van der Waals surface area contributed by atoms with E-state index in [4.69, 9.17) is 11.6 Å². The van der Waals surface area contributed by atoms with Gasteiger partial charge in [-0.05, 0) is 66.0 Å². The van der Waals surface area contributed by atoms with E-state index in [0.29, 0.717) is 12.3 Å². The molecule has 0 spiro atoms. The quantitative estimate of drug-likeness (QED) is 0.761. The first-order valence-electron chi connectivity index (χ1n) is 8.18. The van der Waals surface area contributed by atoms with Gasteiger partial charge in [-0.2, -0.15) is 0 Å². The summed E-state index contributed by atoms with van der Waals surface area (Å²) in [5.74, 6) is 4.63. The number of nitrogens with zero attached hydrogens (tertiary/aromatic N) is 1. The Balaban J connectivity index is 1.42. The number of amides is 1. The van der Waals surface area contributed by atoms with Crippen molar-refractivity contribution in [1.82, 2.24) is 0 Å². The summed E-state index contributed by atoms with van der Waals surface area (Å²) < 4.78 is 0. The molecule has 0 N–H and O–H groups in total. The Morgan fingerprint density at radius 1 is 1.24 bits per heavy atom. The van der Waals surface area contributed by atoms with E-state index in [1.807, 2.05) is 7.05 Å². The Morgan fingerprint density at radius 3 is 2.67 bits per heavy atom. The maximum absolute atomic E-state index is 11.8. The number of benzene rings is 1. The van der Waals surface area contributed by atoms with Crippen molar-refractivity contribution in [3.8, 4) is 0 Å². The first-order valence-corrected chi connectivity index (χ1v) is 8.62. The number of alkyl halides is 1. The minimum absolute atomic E-state index is 0.148. The molecular weight excluding hydrogens is 282 g/mol. The third kappa shape index (κ3) is 1.57. The van der Waals surface area contributed by atoms with Gasteiger partial charge in [0.2, 0.25) is 5.91 Å². The van der Waals surface area contributed by atoms with Crippen LogP contribution in [0.4, 0.5) is 5.69 Å². The molecule has 0 aromatic heterocycles. The Labute approximate surface area is 130 Å². The smallest absolute Gasteiger partial charge is 0.231 e. The summed E-state index contributed by atoms with van der Waals surface area (Å²) in [4.78, 5) is 13.6. The van der Waals surface area contributed by atoms with Crippen LogP contribution in [0.1, 0.15) is 35.8 Å². The third-order valence-corrected chi connectivity index (χ3v) is 7.17. The van der Waals surface area contributed by atoms with Crippen molar-refractivity contribution in [3.05, 3.63) is 29.3 Å². The number of halogens is 1. The molecule has 3 aliphatic carbocycles. The number of rotatable bonds is 2. The monoisotopic (exact) mass is 301 g/mol. The van der Waals surface area contributed by atoms with Crippen LogP contribution < -0.4 is 4.90 Å². The van der Waals surface area contributed by atoms with Crippen LogP contribution in [0, 0.1) is 29.6 Å². The molecule has 0 radical (unpaired) electrons. The number of fused-ring (bicyclic) bond motifs is 6. The van der Waals surface area contributed by atoms with Gasteiger partial charge in [0.25, 0.3) is 0 Å². The van der Waals surface area contributed by atoms with Gasteiger partial charge in [0.05, 0.1) is 11.8 Å². The molecule has 5 unspecified atom stereocenters. The number of likely N-dealkylation sites (N-methyl/N-ethyl adjacent to an activating group) is 1. The third-order valence-electron chi connectivity index (χ3n) is 6.63. The Hall–Kier alpha value is -1.02. The van der Waals surface area contributed by atoms with Crippen molar-refractivity contribution in [2.45, 2.75) is 31.1 Å². The van der Waals surface area contributed by atoms with Gasteiger partial charge in [-0.3, -0.25) is 4.79 Å². The minimum atomic E-state index is 0.148. The summed E-state index contributed by atoms with van der Waals surface area (Å²) in [5.41, 5.74) is 3.44. The summed E-state index contributed by atoms with van der Waals surface area (Å²) in [6, 6.07) is 6.41. The fraction of sp³-hybridized carbons (Fsp3) is 0.611. The maximum Gasteiger partial charge on any atom is 0.231 e.